The zero-order valence-corrected chi connectivity index (χ0v) is 18.6. The predicted octanol–water partition coefficient (Wildman–Crippen LogP) is 4.00. The summed E-state index contributed by atoms with van der Waals surface area (Å²) in [5, 5.41) is 4.09. The van der Waals surface area contributed by atoms with Gasteiger partial charge in [-0.2, -0.15) is 8.68 Å². The molecule has 1 amide bonds. The van der Waals surface area contributed by atoms with E-state index in [1.807, 2.05) is 18.2 Å². The molecule has 0 aliphatic carbocycles. The molecule has 1 atom stereocenters. The molecule has 4 rings (SSSR count). The quantitative estimate of drug-likeness (QED) is 0.615. The Kier molecular flexibility index (Phi) is 5.97. The van der Waals surface area contributed by atoms with Gasteiger partial charge in [-0.05, 0) is 60.8 Å². The third kappa shape index (κ3) is 4.15. The third-order valence-electron chi connectivity index (χ3n) is 5.14. The van der Waals surface area contributed by atoms with Crippen LogP contribution in [0.1, 0.15) is 12.8 Å². The molecule has 0 spiro atoms. The number of sulfonamides is 1. The van der Waals surface area contributed by atoms with Crippen molar-refractivity contribution in [2.45, 2.75) is 17.7 Å². The Morgan fingerprint density at radius 1 is 1.30 bits per heavy atom. The molecular weight excluding hydrogens is 446 g/mol. The number of carbonyl (C=O) groups excluding carboxylic acids is 1. The topological polar surface area (TPSA) is 88.6 Å². The van der Waals surface area contributed by atoms with Crippen molar-refractivity contribution in [1.82, 2.24) is 8.68 Å². The highest BCUT2D eigenvalue weighted by atomic mass is 35.5. The van der Waals surface area contributed by atoms with E-state index in [9.17, 15) is 13.2 Å². The number of fused-ring (bicyclic) bond motifs is 1. The van der Waals surface area contributed by atoms with Crippen molar-refractivity contribution in [2.75, 3.05) is 25.5 Å². The molecule has 1 aromatic heterocycles. The molecule has 7 nitrogen and oxygen atoms in total. The average Bonchev–Trinajstić information content (AvgIpc) is 3.21. The summed E-state index contributed by atoms with van der Waals surface area (Å²) in [5.74, 6) is -0.215. The fraction of sp³-hybridized carbons (Fsp3) is 0.300. The Morgan fingerprint density at radius 3 is 2.90 bits per heavy atom. The number of piperidine rings is 1. The standard InChI is InChI=1S/C20H20ClN3O4S2/c1-28-18-6-5-16(10-17(18)21)30(26,27)24-8-2-3-13(12-24)20(25)23-15-4-7-19-14(9-15)11-22-29-19/h4-7,9-11,13H,2-3,8,12H2,1H3,(H,23,25)/t13-/m0/s1. The highest BCUT2D eigenvalue weighted by Crippen LogP contribution is 2.30. The summed E-state index contributed by atoms with van der Waals surface area (Å²) in [6, 6.07) is 9.98. The van der Waals surface area contributed by atoms with Gasteiger partial charge in [-0.25, -0.2) is 8.42 Å². The van der Waals surface area contributed by atoms with Crippen LogP contribution in [0.25, 0.3) is 10.1 Å². The molecule has 1 N–H and O–H groups in total. The van der Waals surface area contributed by atoms with E-state index in [4.69, 9.17) is 16.3 Å². The van der Waals surface area contributed by atoms with Crippen LogP contribution < -0.4 is 10.1 Å². The van der Waals surface area contributed by atoms with Gasteiger partial charge in [0.2, 0.25) is 15.9 Å². The second-order valence-electron chi connectivity index (χ2n) is 7.07. The van der Waals surface area contributed by atoms with E-state index in [1.54, 1.807) is 6.20 Å². The second kappa shape index (κ2) is 8.50. The fourth-order valence-corrected chi connectivity index (χ4v) is 6.02. The number of nitrogens with zero attached hydrogens (tertiary/aromatic N) is 2. The van der Waals surface area contributed by atoms with Crippen molar-refractivity contribution >= 4 is 54.8 Å². The molecular formula is C20H20ClN3O4S2. The normalized spacial score (nSPS) is 17.7. The molecule has 10 heteroatoms. The molecule has 2 aromatic carbocycles. The molecule has 1 saturated heterocycles. The number of aromatic nitrogens is 1. The lowest BCUT2D eigenvalue weighted by Crippen LogP contribution is -2.43. The van der Waals surface area contributed by atoms with E-state index in [2.05, 4.69) is 9.69 Å². The molecule has 3 aromatic rings. The summed E-state index contributed by atoms with van der Waals surface area (Å²) in [7, 11) is -2.30. The van der Waals surface area contributed by atoms with Crippen molar-refractivity contribution in [3.05, 3.63) is 47.6 Å². The third-order valence-corrected chi connectivity index (χ3v) is 8.07. The van der Waals surface area contributed by atoms with Gasteiger partial charge in [-0.1, -0.05) is 11.6 Å². The van der Waals surface area contributed by atoms with Crippen LogP contribution in [0.3, 0.4) is 0 Å². The number of ether oxygens (including phenoxy) is 1. The number of hydrogen-bond donors (Lipinski definition) is 1. The van der Waals surface area contributed by atoms with E-state index < -0.39 is 15.9 Å². The monoisotopic (exact) mass is 465 g/mol. The van der Waals surface area contributed by atoms with E-state index in [-0.39, 0.29) is 22.4 Å². The maximum absolute atomic E-state index is 13.1. The van der Waals surface area contributed by atoms with Gasteiger partial charge < -0.3 is 10.1 Å². The lowest BCUT2D eigenvalue weighted by Gasteiger charge is -2.31. The van der Waals surface area contributed by atoms with Crippen LogP contribution in [0.2, 0.25) is 5.02 Å². The minimum absolute atomic E-state index is 0.0877. The SMILES string of the molecule is COc1ccc(S(=O)(=O)N2CCC[C@H](C(=O)Nc3ccc4sncc4c3)C2)cc1Cl. The van der Waals surface area contributed by atoms with Gasteiger partial charge in [-0.3, -0.25) is 4.79 Å². The number of hydrogen-bond acceptors (Lipinski definition) is 6. The lowest BCUT2D eigenvalue weighted by molar-refractivity contribution is -0.120. The number of methoxy groups -OCH3 is 1. The van der Waals surface area contributed by atoms with Gasteiger partial charge in [0.1, 0.15) is 5.75 Å². The van der Waals surface area contributed by atoms with Crippen molar-refractivity contribution in [3.8, 4) is 5.75 Å². The van der Waals surface area contributed by atoms with Gasteiger partial charge in [-0.15, -0.1) is 0 Å². The maximum Gasteiger partial charge on any atom is 0.243 e. The van der Waals surface area contributed by atoms with Crippen LogP contribution in [-0.4, -0.2) is 43.2 Å². The van der Waals surface area contributed by atoms with Crippen LogP contribution >= 0.6 is 23.1 Å². The summed E-state index contributed by atoms with van der Waals surface area (Å²) in [4.78, 5) is 12.9. The van der Waals surface area contributed by atoms with Crippen molar-refractivity contribution in [1.29, 1.82) is 0 Å². The van der Waals surface area contributed by atoms with Crippen molar-refractivity contribution in [3.63, 3.8) is 0 Å². The summed E-state index contributed by atoms with van der Waals surface area (Å²) < 4.78 is 37.8. The highest BCUT2D eigenvalue weighted by molar-refractivity contribution is 7.89. The zero-order valence-electron chi connectivity index (χ0n) is 16.2. The predicted molar refractivity (Wildman–Crippen MR) is 118 cm³/mol. The number of carbonyl (C=O) groups is 1. The Labute approximate surface area is 183 Å². The minimum atomic E-state index is -3.76. The van der Waals surface area contributed by atoms with Crippen molar-refractivity contribution < 1.29 is 17.9 Å². The van der Waals surface area contributed by atoms with Crippen LogP contribution in [0.4, 0.5) is 5.69 Å². The molecule has 0 bridgehead atoms. The number of amides is 1. The van der Waals surface area contributed by atoms with E-state index in [0.29, 0.717) is 30.8 Å². The smallest absolute Gasteiger partial charge is 0.243 e. The number of nitrogens with one attached hydrogen (secondary N) is 1. The Hall–Kier alpha value is -2.20. The molecule has 2 heterocycles. The van der Waals surface area contributed by atoms with Gasteiger partial charge in [0.25, 0.3) is 0 Å². The average molecular weight is 466 g/mol. The number of rotatable bonds is 5. The Morgan fingerprint density at radius 2 is 2.13 bits per heavy atom. The first-order valence-electron chi connectivity index (χ1n) is 9.37. The van der Waals surface area contributed by atoms with Gasteiger partial charge in [0, 0.05) is 30.4 Å². The molecule has 1 fully saturated rings. The van der Waals surface area contributed by atoms with Crippen LogP contribution in [-0.2, 0) is 14.8 Å². The first-order valence-corrected chi connectivity index (χ1v) is 12.0. The second-order valence-corrected chi connectivity index (χ2v) is 10.2. The summed E-state index contributed by atoms with van der Waals surface area (Å²) in [6.07, 6.45) is 2.99. The molecule has 0 unspecified atom stereocenters. The first kappa shape index (κ1) is 21.0. The molecule has 0 saturated carbocycles. The van der Waals surface area contributed by atoms with Crippen molar-refractivity contribution in [2.24, 2.45) is 5.92 Å². The van der Waals surface area contributed by atoms with Crippen LogP contribution in [0.15, 0.2) is 47.5 Å². The van der Waals surface area contributed by atoms with Gasteiger partial charge in [0.15, 0.2) is 0 Å². The number of anilines is 1. The van der Waals surface area contributed by atoms with Gasteiger partial charge in [0.05, 0.1) is 27.6 Å². The summed E-state index contributed by atoms with van der Waals surface area (Å²) in [6.45, 7) is 0.488. The summed E-state index contributed by atoms with van der Waals surface area (Å²) >= 11 is 7.50. The Bertz CT molecular complexity index is 1200. The Balaban J connectivity index is 1.49. The van der Waals surface area contributed by atoms with Crippen LogP contribution in [0, 0.1) is 5.92 Å². The lowest BCUT2D eigenvalue weighted by atomic mass is 9.98. The molecule has 30 heavy (non-hydrogen) atoms. The van der Waals surface area contributed by atoms with E-state index in [0.717, 1.165) is 10.1 Å². The highest BCUT2D eigenvalue weighted by Gasteiger charge is 2.33. The van der Waals surface area contributed by atoms with Crippen LogP contribution in [0.5, 0.6) is 5.75 Å². The summed E-state index contributed by atoms with van der Waals surface area (Å²) in [5.41, 5.74) is 0.676. The fourth-order valence-electron chi connectivity index (χ4n) is 3.53. The molecule has 1 aliphatic heterocycles. The van der Waals surface area contributed by atoms with E-state index in [1.165, 1.54) is 41.1 Å². The largest absolute Gasteiger partial charge is 0.495 e. The molecule has 1 aliphatic rings. The maximum atomic E-state index is 13.1. The minimum Gasteiger partial charge on any atom is -0.495 e. The zero-order chi connectivity index (χ0) is 21.3. The number of benzene rings is 2. The van der Waals surface area contributed by atoms with E-state index >= 15 is 0 Å². The molecule has 158 valence electrons. The van der Waals surface area contributed by atoms with Gasteiger partial charge >= 0.3 is 0 Å². The first-order chi connectivity index (χ1) is 14.4. The molecule has 0 radical (unpaired) electrons. The number of halogens is 1.